The number of hydrogen-bond donors (Lipinski definition) is 0. The van der Waals surface area contributed by atoms with E-state index in [2.05, 4.69) is 17.2 Å². The van der Waals surface area contributed by atoms with Crippen molar-refractivity contribution in [2.75, 3.05) is 0 Å². The highest BCUT2D eigenvalue weighted by Crippen LogP contribution is 2.18. The monoisotopic (exact) mass is 314 g/mol. The van der Waals surface area contributed by atoms with Crippen molar-refractivity contribution in [1.82, 2.24) is 9.78 Å². The van der Waals surface area contributed by atoms with Crippen LogP contribution in [0.4, 0.5) is 0 Å². The zero-order chi connectivity index (χ0) is 16.9. The summed E-state index contributed by atoms with van der Waals surface area (Å²) >= 11 is 0. The molecule has 1 aromatic heterocycles. The molecule has 0 aliphatic heterocycles. The molecule has 0 bridgehead atoms. The maximum absolute atomic E-state index is 8.91. The fourth-order valence-corrected chi connectivity index (χ4v) is 2.37. The van der Waals surface area contributed by atoms with Crippen LogP contribution in [0.3, 0.4) is 0 Å². The number of nitrogens with zero attached hydrogens (tertiary/aromatic N) is 4. The van der Waals surface area contributed by atoms with Gasteiger partial charge in [0.1, 0.15) is 18.4 Å². The number of benzene rings is 2. The largest absolute Gasteiger partial charge is 0.489 e. The van der Waals surface area contributed by atoms with E-state index in [0.717, 1.165) is 16.8 Å². The van der Waals surface area contributed by atoms with Crippen LogP contribution in [0.15, 0.2) is 54.9 Å². The molecule has 1 heterocycles. The quantitative estimate of drug-likeness (QED) is 0.738. The predicted molar refractivity (Wildman–Crippen MR) is 88.5 cm³/mol. The molecule has 0 fully saturated rings. The summed E-state index contributed by atoms with van der Waals surface area (Å²) in [6, 6.07) is 17.2. The highest BCUT2D eigenvalue weighted by atomic mass is 16.5. The Morgan fingerprint density at radius 3 is 2.46 bits per heavy atom. The van der Waals surface area contributed by atoms with E-state index in [4.69, 9.17) is 15.3 Å². The van der Waals surface area contributed by atoms with Crippen molar-refractivity contribution in [2.45, 2.75) is 13.5 Å². The van der Waals surface area contributed by atoms with Gasteiger partial charge in [0, 0.05) is 6.20 Å². The molecule has 0 radical (unpaired) electrons. The number of aryl methyl sites for hydroxylation is 1. The van der Waals surface area contributed by atoms with Crippen LogP contribution in [0.2, 0.25) is 0 Å². The molecule has 3 aromatic rings. The predicted octanol–water partition coefficient (Wildman–Crippen LogP) is 3.50. The minimum atomic E-state index is 0.410. The molecule has 0 aliphatic carbocycles. The van der Waals surface area contributed by atoms with Crippen LogP contribution in [0.1, 0.15) is 22.3 Å². The van der Waals surface area contributed by atoms with Gasteiger partial charge in [0.05, 0.1) is 29.1 Å². The third-order valence-electron chi connectivity index (χ3n) is 3.49. The Bertz CT molecular complexity index is 943. The molecule has 116 valence electrons. The minimum absolute atomic E-state index is 0.410. The fourth-order valence-electron chi connectivity index (χ4n) is 2.37. The third kappa shape index (κ3) is 3.43. The van der Waals surface area contributed by atoms with Crippen molar-refractivity contribution >= 4 is 0 Å². The van der Waals surface area contributed by atoms with Crippen LogP contribution < -0.4 is 4.74 Å². The van der Waals surface area contributed by atoms with Gasteiger partial charge in [-0.3, -0.25) is 0 Å². The first-order valence-electron chi connectivity index (χ1n) is 7.36. The van der Waals surface area contributed by atoms with Crippen molar-refractivity contribution in [3.63, 3.8) is 0 Å². The molecular weight excluding hydrogens is 300 g/mol. The summed E-state index contributed by atoms with van der Waals surface area (Å²) in [5.41, 5.74) is 4.09. The van der Waals surface area contributed by atoms with Crippen molar-refractivity contribution in [3.8, 4) is 23.6 Å². The summed E-state index contributed by atoms with van der Waals surface area (Å²) in [5, 5.41) is 21.9. The van der Waals surface area contributed by atoms with Crippen molar-refractivity contribution in [2.24, 2.45) is 0 Å². The zero-order valence-corrected chi connectivity index (χ0v) is 13.1. The zero-order valence-electron chi connectivity index (χ0n) is 13.1. The Kier molecular flexibility index (Phi) is 4.27. The lowest BCUT2D eigenvalue weighted by atomic mass is 10.1. The second kappa shape index (κ2) is 6.68. The first kappa shape index (κ1) is 15.3. The highest BCUT2D eigenvalue weighted by molar-refractivity contribution is 5.41. The van der Waals surface area contributed by atoms with Crippen LogP contribution in [0.5, 0.6) is 5.75 Å². The average Bonchev–Trinajstić information content (AvgIpc) is 3.09. The second-order valence-corrected chi connectivity index (χ2v) is 5.39. The van der Waals surface area contributed by atoms with E-state index in [0.29, 0.717) is 23.5 Å². The molecule has 0 aliphatic rings. The van der Waals surface area contributed by atoms with Gasteiger partial charge in [0.25, 0.3) is 0 Å². The van der Waals surface area contributed by atoms with E-state index in [9.17, 15) is 0 Å². The Morgan fingerprint density at radius 2 is 1.79 bits per heavy atom. The van der Waals surface area contributed by atoms with Crippen molar-refractivity contribution < 1.29 is 4.74 Å². The number of ether oxygens (including phenoxy) is 1. The van der Waals surface area contributed by atoms with Crippen LogP contribution in [0.25, 0.3) is 5.69 Å². The summed E-state index contributed by atoms with van der Waals surface area (Å²) in [4.78, 5) is 0. The molecule has 5 heteroatoms. The first-order valence-corrected chi connectivity index (χ1v) is 7.36. The standard InChI is InChI=1S/C19H14N4O/c1-14-6-16(13-24-19-4-2-15(9-20)3-5-19)8-18(7-14)23-12-17(10-21)11-22-23/h2-8,11-12H,13H2,1H3. The Morgan fingerprint density at radius 1 is 1.04 bits per heavy atom. The van der Waals surface area contributed by atoms with Gasteiger partial charge in [-0.15, -0.1) is 0 Å². The Labute approximate surface area is 140 Å². The van der Waals surface area contributed by atoms with Crippen LogP contribution in [0, 0.1) is 29.6 Å². The van der Waals surface area contributed by atoms with Gasteiger partial charge in [-0.1, -0.05) is 6.07 Å². The summed E-state index contributed by atoms with van der Waals surface area (Å²) in [6.07, 6.45) is 3.23. The molecule has 0 saturated heterocycles. The summed E-state index contributed by atoms with van der Waals surface area (Å²) in [6.45, 7) is 2.41. The molecule has 2 aromatic carbocycles. The molecule has 24 heavy (non-hydrogen) atoms. The van der Waals surface area contributed by atoms with Gasteiger partial charge in [0.2, 0.25) is 0 Å². The van der Waals surface area contributed by atoms with E-state index in [-0.39, 0.29) is 0 Å². The van der Waals surface area contributed by atoms with Gasteiger partial charge in [-0.2, -0.15) is 15.6 Å². The Balaban J connectivity index is 1.78. The topological polar surface area (TPSA) is 74.6 Å². The van der Waals surface area contributed by atoms with Gasteiger partial charge >= 0.3 is 0 Å². The SMILES string of the molecule is Cc1cc(COc2ccc(C#N)cc2)cc(-n2cc(C#N)cn2)c1. The lowest BCUT2D eigenvalue weighted by Gasteiger charge is -2.10. The molecule has 0 N–H and O–H groups in total. The van der Waals surface area contributed by atoms with Crippen molar-refractivity contribution in [1.29, 1.82) is 10.5 Å². The number of nitriles is 2. The smallest absolute Gasteiger partial charge is 0.119 e. The summed E-state index contributed by atoms with van der Waals surface area (Å²) in [5.74, 6) is 0.711. The van der Waals surface area contributed by atoms with Gasteiger partial charge in [-0.25, -0.2) is 4.68 Å². The lowest BCUT2D eigenvalue weighted by molar-refractivity contribution is 0.306. The average molecular weight is 314 g/mol. The first-order chi connectivity index (χ1) is 11.7. The maximum Gasteiger partial charge on any atom is 0.119 e. The number of rotatable bonds is 4. The summed E-state index contributed by atoms with van der Waals surface area (Å²) in [7, 11) is 0. The molecule has 5 nitrogen and oxygen atoms in total. The van der Waals surface area contributed by atoms with Crippen LogP contribution >= 0.6 is 0 Å². The molecule has 0 amide bonds. The normalized spacial score (nSPS) is 9.96. The van der Waals surface area contributed by atoms with E-state index in [1.165, 1.54) is 6.20 Å². The highest BCUT2D eigenvalue weighted by Gasteiger charge is 2.05. The van der Waals surface area contributed by atoms with Crippen molar-refractivity contribution in [3.05, 3.63) is 77.1 Å². The van der Waals surface area contributed by atoms with E-state index in [1.54, 1.807) is 35.1 Å². The van der Waals surface area contributed by atoms with Crippen LogP contribution in [-0.4, -0.2) is 9.78 Å². The van der Waals surface area contributed by atoms with E-state index < -0.39 is 0 Å². The minimum Gasteiger partial charge on any atom is -0.489 e. The number of aromatic nitrogens is 2. The molecule has 0 atom stereocenters. The van der Waals surface area contributed by atoms with E-state index >= 15 is 0 Å². The van der Waals surface area contributed by atoms with Gasteiger partial charge in [-0.05, 0) is 54.4 Å². The molecule has 3 rings (SSSR count). The van der Waals surface area contributed by atoms with Gasteiger partial charge in [0.15, 0.2) is 0 Å². The molecule has 0 saturated carbocycles. The molecule has 0 unspecified atom stereocenters. The van der Waals surface area contributed by atoms with Gasteiger partial charge < -0.3 is 4.74 Å². The Hall–Kier alpha value is -3.57. The molecule has 0 spiro atoms. The second-order valence-electron chi connectivity index (χ2n) is 5.39. The third-order valence-corrected chi connectivity index (χ3v) is 3.49. The molecular formula is C19H14N4O. The number of hydrogen-bond acceptors (Lipinski definition) is 4. The maximum atomic E-state index is 8.91. The fraction of sp³-hybridized carbons (Fsp3) is 0.105. The summed E-state index contributed by atoms with van der Waals surface area (Å²) < 4.78 is 7.45. The van der Waals surface area contributed by atoms with E-state index in [1.807, 2.05) is 25.1 Å². The van der Waals surface area contributed by atoms with Crippen LogP contribution in [-0.2, 0) is 6.61 Å². The lowest BCUT2D eigenvalue weighted by Crippen LogP contribution is -2.00.